The van der Waals surface area contributed by atoms with Crippen molar-refractivity contribution in [2.24, 2.45) is 10.7 Å². The average Bonchev–Trinajstić information content (AvgIpc) is 3.31. The monoisotopic (exact) mass is 277 g/mol. The minimum atomic E-state index is 0.214. The molecule has 2 N–H and O–H groups in total. The van der Waals surface area contributed by atoms with Crippen LogP contribution < -0.4 is 10.6 Å². The summed E-state index contributed by atoms with van der Waals surface area (Å²) >= 11 is 0. The van der Waals surface area contributed by atoms with Gasteiger partial charge in [0, 0.05) is 5.69 Å². The molecule has 1 fully saturated rings. The SMILES string of the molecule is NC1=NCC(c2cccc(C3CC3)c2)N1c1ccccc1. The predicted molar refractivity (Wildman–Crippen MR) is 86.6 cm³/mol. The highest BCUT2D eigenvalue weighted by Gasteiger charge is 2.30. The first-order chi connectivity index (χ1) is 10.3. The van der Waals surface area contributed by atoms with Crippen LogP contribution in [0.4, 0.5) is 5.69 Å². The maximum absolute atomic E-state index is 6.12. The van der Waals surface area contributed by atoms with E-state index in [0.29, 0.717) is 5.96 Å². The zero-order chi connectivity index (χ0) is 14.2. The number of nitrogens with zero attached hydrogens (tertiary/aromatic N) is 2. The van der Waals surface area contributed by atoms with E-state index in [4.69, 9.17) is 5.73 Å². The smallest absolute Gasteiger partial charge is 0.196 e. The molecule has 2 aliphatic rings. The fraction of sp³-hybridized carbons (Fsp3) is 0.278. The van der Waals surface area contributed by atoms with Crippen molar-refractivity contribution in [1.82, 2.24) is 0 Å². The molecule has 2 aromatic rings. The third-order valence-corrected chi connectivity index (χ3v) is 4.36. The van der Waals surface area contributed by atoms with Gasteiger partial charge in [0.15, 0.2) is 5.96 Å². The quantitative estimate of drug-likeness (QED) is 0.933. The molecule has 0 aromatic heterocycles. The molecule has 1 atom stereocenters. The standard InChI is InChI=1S/C18H19N3/c19-18-20-12-17(21(18)16-7-2-1-3-8-16)15-6-4-5-14(11-15)13-9-10-13/h1-8,11,13,17H,9-10,12H2,(H2,19,20). The zero-order valence-corrected chi connectivity index (χ0v) is 11.9. The van der Waals surface area contributed by atoms with Crippen molar-refractivity contribution in [2.75, 3.05) is 11.4 Å². The van der Waals surface area contributed by atoms with Crippen LogP contribution in [0.5, 0.6) is 0 Å². The summed E-state index contributed by atoms with van der Waals surface area (Å²) in [4.78, 5) is 6.61. The van der Waals surface area contributed by atoms with Gasteiger partial charge in [-0.05, 0) is 42.0 Å². The second-order valence-corrected chi connectivity index (χ2v) is 5.86. The fourth-order valence-electron chi connectivity index (χ4n) is 3.09. The molecule has 0 amide bonds. The molecule has 1 unspecified atom stereocenters. The Morgan fingerprint density at radius 2 is 1.71 bits per heavy atom. The Morgan fingerprint density at radius 3 is 2.48 bits per heavy atom. The van der Waals surface area contributed by atoms with E-state index in [1.54, 1.807) is 0 Å². The van der Waals surface area contributed by atoms with Gasteiger partial charge in [0.05, 0.1) is 12.6 Å². The summed E-state index contributed by atoms with van der Waals surface area (Å²) in [7, 11) is 0. The van der Waals surface area contributed by atoms with Crippen molar-refractivity contribution in [1.29, 1.82) is 0 Å². The summed E-state index contributed by atoms with van der Waals surface area (Å²) < 4.78 is 0. The molecule has 4 rings (SSSR count). The molecule has 1 aliphatic heterocycles. The number of para-hydroxylation sites is 1. The second-order valence-electron chi connectivity index (χ2n) is 5.86. The Kier molecular flexibility index (Phi) is 2.92. The lowest BCUT2D eigenvalue weighted by Crippen LogP contribution is -2.36. The van der Waals surface area contributed by atoms with Crippen LogP contribution in [0.2, 0.25) is 0 Å². The van der Waals surface area contributed by atoms with Crippen LogP contribution in [0, 0.1) is 0 Å². The molecule has 0 spiro atoms. The van der Waals surface area contributed by atoms with Gasteiger partial charge in [-0.1, -0.05) is 42.5 Å². The van der Waals surface area contributed by atoms with Crippen LogP contribution in [0.15, 0.2) is 59.6 Å². The molecule has 2 aromatic carbocycles. The Morgan fingerprint density at radius 1 is 0.952 bits per heavy atom. The van der Waals surface area contributed by atoms with Gasteiger partial charge >= 0.3 is 0 Å². The van der Waals surface area contributed by atoms with Crippen LogP contribution in [0.1, 0.15) is 35.9 Å². The van der Waals surface area contributed by atoms with Gasteiger partial charge in [0.1, 0.15) is 0 Å². The Hall–Kier alpha value is -2.29. The molecule has 3 nitrogen and oxygen atoms in total. The van der Waals surface area contributed by atoms with Gasteiger partial charge in [-0.15, -0.1) is 0 Å². The number of aliphatic imine (C=N–C) groups is 1. The summed E-state index contributed by atoms with van der Waals surface area (Å²) in [6, 6.07) is 19.4. The average molecular weight is 277 g/mol. The fourth-order valence-corrected chi connectivity index (χ4v) is 3.09. The lowest BCUT2D eigenvalue weighted by Gasteiger charge is -2.27. The minimum absolute atomic E-state index is 0.214. The molecular weight excluding hydrogens is 258 g/mol. The van der Waals surface area contributed by atoms with E-state index in [2.05, 4.69) is 46.3 Å². The van der Waals surface area contributed by atoms with Crippen LogP contribution in [0.3, 0.4) is 0 Å². The topological polar surface area (TPSA) is 41.6 Å². The summed E-state index contributed by atoms with van der Waals surface area (Å²) in [5.74, 6) is 1.39. The van der Waals surface area contributed by atoms with Gasteiger partial charge in [-0.25, -0.2) is 0 Å². The van der Waals surface area contributed by atoms with Gasteiger partial charge in [0.25, 0.3) is 0 Å². The summed E-state index contributed by atoms with van der Waals surface area (Å²) in [6.07, 6.45) is 2.66. The first kappa shape index (κ1) is 12.5. The molecule has 0 bridgehead atoms. The van der Waals surface area contributed by atoms with E-state index in [1.165, 1.54) is 24.0 Å². The van der Waals surface area contributed by atoms with Crippen LogP contribution >= 0.6 is 0 Å². The summed E-state index contributed by atoms with van der Waals surface area (Å²) in [6.45, 7) is 0.731. The minimum Gasteiger partial charge on any atom is -0.369 e. The van der Waals surface area contributed by atoms with Crippen molar-refractivity contribution >= 4 is 11.6 Å². The molecule has 1 saturated carbocycles. The van der Waals surface area contributed by atoms with Crippen molar-refractivity contribution in [3.63, 3.8) is 0 Å². The van der Waals surface area contributed by atoms with Crippen molar-refractivity contribution < 1.29 is 0 Å². The van der Waals surface area contributed by atoms with Crippen LogP contribution in [0.25, 0.3) is 0 Å². The summed E-state index contributed by atoms with van der Waals surface area (Å²) in [5.41, 5.74) is 10.0. The van der Waals surface area contributed by atoms with Gasteiger partial charge in [0.2, 0.25) is 0 Å². The molecule has 106 valence electrons. The van der Waals surface area contributed by atoms with Crippen LogP contribution in [-0.4, -0.2) is 12.5 Å². The summed E-state index contributed by atoms with van der Waals surface area (Å²) in [5, 5.41) is 0. The Balaban J connectivity index is 1.69. The Bertz CT molecular complexity index is 674. The van der Waals surface area contributed by atoms with E-state index in [-0.39, 0.29) is 6.04 Å². The third kappa shape index (κ3) is 2.29. The highest BCUT2D eigenvalue weighted by Crippen LogP contribution is 2.41. The van der Waals surface area contributed by atoms with E-state index >= 15 is 0 Å². The van der Waals surface area contributed by atoms with Gasteiger partial charge in [-0.3, -0.25) is 4.99 Å². The number of hydrogen-bond acceptors (Lipinski definition) is 3. The van der Waals surface area contributed by atoms with E-state index in [9.17, 15) is 0 Å². The lowest BCUT2D eigenvalue weighted by molar-refractivity contribution is 0.766. The highest BCUT2D eigenvalue weighted by molar-refractivity contribution is 5.97. The first-order valence-corrected chi connectivity index (χ1v) is 7.57. The molecule has 3 heteroatoms. The van der Waals surface area contributed by atoms with Gasteiger partial charge < -0.3 is 10.6 Å². The molecule has 1 aliphatic carbocycles. The van der Waals surface area contributed by atoms with Crippen molar-refractivity contribution in [3.8, 4) is 0 Å². The largest absolute Gasteiger partial charge is 0.369 e. The number of benzene rings is 2. The number of nitrogens with two attached hydrogens (primary N) is 1. The normalized spacial score (nSPS) is 21.4. The first-order valence-electron chi connectivity index (χ1n) is 7.57. The third-order valence-electron chi connectivity index (χ3n) is 4.36. The van der Waals surface area contributed by atoms with E-state index in [1.807, 2.05) is 18.2 Å². The molecule has 21 heavy (non-hydrogen) atoms. The molecule has 0 radical (unpaired) electrons. The zero-order valence-electron chi connectivity index (χ0n) is 11.9. The van der Waals surface area contributed by atoms with E-state index < -0.39 is 0 Å². The highest BCUT2D eigenvalue weighted by atomic mass is 15.3. The number of anilines is 1. The second kappa shape index (κ2) is 4.92. The van der Waals surface area contributed by atoms with Crippen molar-refractivity contribution in [2.45, 2.75) is 24.8 Å². The van der Waals surface area contributed by atoms with Crippen molar-refractivity contribution in [3.05, 3.63) is 65.7 Å². The predicted octanol–water partition coefficient (Wildman–Crippen LogP) is 3.44. The van der Waals surface area contributed by atoms with E-state index in [0.717, 1.165) is 18.2 Å². The molecule has 0 saturated heterocycles. The number of rotatable bonds is 3. The number of guanidine groups is 1. The maximum Gasteiger partial charge on any atom is 0.196 e. The number of hydrogen-bond donors (Lipinski definition) is 1. The molecular formula is C18H19N3. The Labute approximate surface area is 125 Å². The maximum atomic E-state index is 6.12. The van der Waals surface area contributed by atoms with Crippen LogP contribution in [-0.2, 0) is 0 Å². The van der Waals surface area contributed by atoms with Gasteiger partial charge in [-0.2, -0.15) is 0 Å². The molecule has 1 heterocycles. The lowest BCUT2D eigenvalue weighted by atomic mass is 10.0.